The van der Waals surface area contributed by atoms with Crippen LogP contribution < -0.4 is 5.43 Å². The van der Waals surface area contributed by atoms with Crippen molar-refractivity contribution in [3.05, 3.63) is 71.7 Å². The number of hydrogen-bond donors (Lipinski definition) is 2. The number of aromatic nitrogens is 1. The Morgan fingerprint density at radius 3 is 2.77 bits per heavy atom. The first-order valence-electron chi connectivity index (χ1n) is 6.85. The van der Waals surface area contributed by atoms with E-state index in [9.17, 15) is 9.18 Å². The van der Waals surface area contributed by atoms with E-state index in [0.29, 0.717) is 5.56 Å². The van der Waals surface area contributed by atoms with Crippen molar-refractivity contribution in [1.29, 1.82) is 0 Å². The molecular weight excluding hydrogens is 281 g/mol. The van der Waals surface area contributed by atoms with Crippen LogP contribution in [0.25, 0.3) is 10.9 Å². The van der Waals surface area contributed by atoms with Crippen molar-refractivity contribution in [3.8, 4) is 0 Å². The van der Waals surface area contributed by atoms with E-state index in [4.69, 9.17) is 0 Å². The zero-order valence-electron chi connectivity index (χ0n) is 11.7. The molecule has 0 spiro atoms. The Hall–Kier alpha value is -2.95. The minimum Gasteiger partial charge on any atom is -0.361 e. The smallest absolute Gasteiger partial charge is 0.244 e. The van der Waals surface area contributed by atoms with E-state index in [-0.39, 0.29) is 18.1 Å². The lowest BCUT2D eigenvalue weighted by atomic mass is 10.1. The van der Waals surface area contributed by atoms with Gasteiger partial charge < -0.3 is 4.98 Å². The molecule has 3 rings (SSSR count). The Morgan fingerprint density at radius 1 is 1.18 bits per heavy atom. The van der Waals surface area contributed by atoms with Gasteiger partial charge in [0.05, 0.1) is 12.6 Å². The van der Waals surface area contributed by atoms with Crippen LogP contribution in [-0.2, 0) is 11.2 Å². The second-order valence-electron chi connectivity index (χ2n) is 4.88. The molecule has 0 saturated heterocycles. The maximum absolute atomic E-state index is 12.8. The summed E-state index contributed by atoms with van der Waals surface area (Å²) in [4.78, 5) is 15.0. The number of hydrazone groups is 1. The third kappa shape index (κ3) is 3.20. The maximum Gasteiger partial charge on any atom is 0.244 e. The van der Waals surface area contributed by atoms with E-state index >= 15 is 0 Å². The average molecular weight is 295 g/mol. The monoisotopic (exact) mass is 295 g/mol. The highest BCUT2D eigenvalue weighted by Crippen LogP contribution is 2.17. The first-order chi connectivity index (χ1) is 10.7. The number of nitrogens with one attached hydrogen (secondary N) is 2. The van der Waals surface area contributed by atoms with Crippen LogP contribution in [0.2, 0.25) is 0 Å². The molecule has 110 valence electrons. The number of nitrogens with zero attached hydrogens (tertiary/aromatic N) is 1. The van der Waals surface area contributed by atoms with E-state index in [1.165, 1.54) is 18.3 Å². The number of hydrogen-bond acceptors (Lipinski definition) is 2. The number of carbonyl (C=O) groups excluding carboxylic acids is 1. The molecule has 3 aromatic rings. The summed E-state index contributed by atoms with van der Waals surface area (Å²) >= 11 is 0. The highest BCUT2D eigenvalue weighted by Gasteiger charge is 2.07. The van der Waals surface area contributed by atoms with E-state index < -0.39 is 0 Å². The molecule has 0 aliphatic rings. The van der Waals surface area contributed by atoms with Crippen LogP contribution in [0.3, 0.4) is 0 Å². The molecule has 1 heterocycles. The molecule has 5 heteroatoms. The fourth-order valence-corrected chi connectivity index (χ4v) is 2.22. The van der Waals surface area contributed by atoms with Crippen molar-refractivity contribution in [1.82, 2.24) is 10.4 Å². The minimum absolute atomic E-state index is 0.205. The second kappa shape index (κ2) is 6.22. The highest BCUT2D eigenvalue weighted by atomic mass is 19.1. The second-order valence-corrected chi connectivity index (χ2v) is 4.88. The van der Waals surface area contributed by atoms with Crippen LogP contribution in [0.5, 0.6) is 0 Å². The molecule has 4 nitrogen and oxygen atoms in total. The molecule has 0 bridgehead atoms. The largest absolute Gasteiger partial charge is 0.361 e. The predicted octanol–water partition coefficient (Wildman–Crippen LogP) is 3.00. The summed E-state index contributed by atoms with van der Waals surface area (Å²) in [5.74, 6) is -0.511. The molecule has 2 aromatic carbocycles. The SMILES string of the molecule is O=C(Cc1c[nH]c2ccccc12)N/N=C/c1ccc(F)cc1. The third-order valence-electron chi connectivity index (χ3n) is 3.30. The Bertz CT molecular complexity index is 821. The molecule has 1 amide bonds. The van der Waals surface area contributed by atoms with Gasteiger partial charge >= 0.3 is 0 Å². The lowest BCUT2D eigenvalue weighted by Crippen LogP contribution is -2.19. The predicted molar refractivity (Wildman–Crippen MR) is 84.1 cm³/mol. The number of amides is 1. The van der Waals surface area contributed by atoms with Crippen LogP contribution in [-0.4, -0.2) is 17.1 Å². The first kappa shape index (κ1) is 14.0. The van der Waals surface area contributed by atoms with E-state index in [1.807, 2.05) is 30.5 Å². The molecule has 0 aliphatic heterocycles. The normalized spacial score (nSPS) is 11.1. The summed E-state index contributed by atoms with van der Waals surface area (Å²) in [5, 5.41) is 4.90. The molecule has 0 unspecified atom stereocenters. The average Bonchev–Trinajstić information content (AvgIpc) is 2.93. The van der Waals surface area contributed by atoms with Crippen molar-refractivity contribution in [3.63, 3.8) is 0 Å². The molecule has 0 saturated carbocycles. The Labute approximate surface area is 126 Å². The number of halogens is 1. The van der Waals surface area contributed by atoms with Crippen LogP contribution in [0.15, 0.2) is 59.8 Å². The van der Waals surface area contributed by atoms with Crippen LogP contribution in [0, 0.1) is 5.82 Å². The van der Waals surface area contributed by atoms with Gasteiger partial charge in [-0.25, -0.2) is 9.82 Å². The van der Waals surface area contributed by atoms with Crippen molar-refractivity contribution in [2.24, 2.45) is 5.10 Å². The number of H-pyrrole nitrogens is 1. The Morgan fingerprint density at radius 2 is 1.95 bits per heavy atom. The Kier molecular flexibility index (Phi) is 3.96. The van der Waals surface area contributed by atoms with Gasteiger partial charge in [-0.2, -0.15) is 5.10 Å². The summed E-state index contributed by atoms with van der Waals surface area (Å²) < 4.78 is 12.8. The fourth-order valence-electron chi connectivity index (χ4n) is 2.22. The number of fused-ring (bicyclic) bond motifs is 1. The van der Waals surface area contributed by atoms with Gasteiger partial charge in [0, 0.05) is 17.1 Å². The first-order valence-corrected chi connectivity index (χ1v) is 6.85. The Balaban J connectivity index is 1.62. The minimum atomic E-state index is -0.305. The molecular formula is C17H14FN3O. The van der Waals surface area contributed by atoms with Gasteiger partial charge in [-0.05, 0) is 29.3 Å². The summed E-state index contributed by atoms with van der Waals surface area (Å²) in [6.07, 6.45) is 3.55. The van der Waals surface area contributed by atoms with E-state index in [2.05, 4.69) is 15.5 Å². The third-order valence-corrected chi connectivity index (χ3v) is 3.30. The molecule has 0 radical (unpaired) electrons. The van der Waals surface area contributed by atoms with Crippen LogP contribution >= 0.6 is 0 Å². The zero-order valence-corrected chi connectivity index (χ0v) is 11.7. The number of aromatic amines is 1. The number of rotatable bonds is 4. The topological polar surface area (TPSA) is 57.2 Å². The number of para-hydroxylation sites is 1. The summed E-state index contributed by atoms with van der Waals surface area (Å²) in [7, 11) is 0. The summed E-state index contributed by atoms with van der Waals surface area (Å²) in [6.45, 7) is 0. The fraction of sp³-hybridized carbons (Fsp3) is 0.0588. The quantitative estimate of drug-likeness (QED) is 0.564. The van der Waals surface area contributed by atoms with Gasteiger partial charge in [0.15, 0.2) is 0 Å². The van der Waals surface area contributed by atoms with Crippen molar-refractivity contribution in [2.45, 2.75) is 6.42 Å². The van der Waals surface area contributed by atoms with Gasteiger partial charge in [0.1, 0.15) is 5.82 Å². The molecule has 22 heavy (non-hydrogen) atoms. The highest BCUT2D eigenvalue weighted by molar-refractivity contribution is 5.89. The van der Waals surface area contributed by atoms with Crippen molar-refractivity contribution in [2.75, 3.05) is 0 Å². The summed E-state index contributed by atoms with van der Waals surface area (Å²) in [5.41, 5.74) is 5.11. The summed E-state index contributed by atoms with van der Waals surface area (Å²) in [6, 6.07) is 13.7. The van der Waals surface area contributed by atoms with Gasteiger partial charge in [-0.15, -0.1) is 0 Å². The van der Waals surface area contributed by atoms with Gasteiger partial charge in [0.25, 0.3) is 0 Å². The zero-order chi connectivity index (χ0) is 15.4. The molecule has 0 atom stereocenters. The molecule has 0 fully saturated rings. The number of carbonyl (C=O) groups is 1. The van der Waals surface area contributed by atoms with Crippen LogP contribution in [0.4, 0.5) is 4.39 Å². The standard InChI is InChI=1S/C17H14FN3O/c18-14-7-5-12(6-8-14)10-20-21-17(22)9-13-11-19-16-4-2-1-3-15(13)16/h1-8,10-11,19H,9H2,(H,21,22)/b20-10+. The van der Waals surface area contributed by atoms with E-state index in [0.717, 1.165) is 16.5 Å². The van der Waals surface area contributed by atoms with Crippen molar-refractivity contribution < 1.29 is 9.18 Å². The maximum atomic E-state index is 12.8. The molecule has 1 aromatic heterocycles. The van der Waals surface area contributed by atoms with Gasteiger partial charge in [-0.3, -0.25) is 4.79 Å². The van der Waals surface area contributed by atoms with Gasteiger partial charge in [0.2, 0.25) is 5.91 Å². The lowest BCUT2D eigenvalue weighted by Gasteiger charge is -1.99. The van der Waals surface area contributed by atoms with Gasteiger partial charge in [-0.1, -0.05) is 30.3 Å². The van der Waals surface area contributed by atoms with Crippen LogP contribution in [0.1, 0.15) is 11.1 Å². The van der Waals surface area contributed by atoms with E-state index in [1.54, 1.807) is 12.1 Å². The molecule has 2 N–H and O–H groups in total. The number of benzene rings is 2. The van der Waals surface area contributed by atoms with Crippen molar-refractivity contribution >= 4 is 23.0 Å². The lowest BCUT2D eigenvalue weighted by molar-refractivity contribution is -0.120. The molecule has 0 aliphatic carbocycles.